The van der Waals surface area contributed by atoms with Crippen molar-refractivity contribution in [3.8, 4) is 0 Å². The largest absolute Gasteiger partial charge is 0.468 e. The molecule has 0 heterocycles. The maximum absolute atomic E-state index is 10.8. The summed E-state index contributed by atoms with van der Waals surface area (Å²) in [5.74, 6) is -0.366. The van der Waals surface area contributed by atoms with Crippen LogP contribution in [0.25, 0.3) is 0 Å². The number of nitrogens with two attached hydrogens (primary N) is 1. The van der Waals surface area contributed by atoms with Gasteiger partial charge < -0.3 is 15.2 Å². The first kappa shape index (κ1) is 9.48. The van der Waals surface area contributed by atoms with E-state index in [1.807, 2.05) is 0 Å². The standard InChI is InChI=1S/C8H15NO3/c1-11-8(10)7(9)4-5-12-6-2-3-6/h6-7H,2-5,9H2,1H3. The molecule has 1 rings (SSSR count). The molecule has 0 bridgehead atoms. The minimum absolute atomic E-state index is 0.366. The fourth-order valence-corrected chi connectivity index (χ4v) is 0.866. The summed E-state index contributed by atoms with van der Waals surface area (Å²) >= 11 is 0. The second kappa shape index (κ2) is 4.42. The van der Waals surface area contributed by atoms with Crippen molar-refractivity contribution in [1.29, 1.82) is 0 Å². The molecule has 1 unspecified atom stereocenters. The molecule has 0 radical (unpaired) electrons. The van der Waals surface area contributed by atoms with E-state index in [2.05, 4.69) is 4.74 Å². The highest BCUT2D eigenvalue weighted by Gasteiger charge is 2.22. The Labute approximate surface area is 72.0 Å². The Morgan fingerprint density at radius 3 is 2.83 bits per heavy atom. The van der Waals surface area contributed by atoms with Gasteiger partial charge in [-0.15, -0.1) is 0 Å². The van der Waals surface area contributed by atoms with Gasteiger partial charge in [-0.25, -0.2) is 0 Å². The maximum atomic E-state index is 10.8. The lowest BCUT2D eigenvalue weighted by Gasteiger charge is -2.08. The van der Waals surface area contributed by atoms with Crippen LogP contribution in [0.1, 0.15) is 19.3 Å². The topological polar surface area (TPSA) is 61.5 Å². The Kier molecular flexibility index (Phi) is 3.49. The van der Waals surface area contributed by atoms with Crippen molar-refractivity contribution in [1.82, 2.24) is 0 Å². The Morgan fingerprint density at radius 2 is 2.33 bits per heavy atom. The van der Waals surface area contributed by atoms with Gasteiger partial charge in [-0.3, -0.25) is 4.79 Å². The number of carbonyl (C=O) groups is 1. The van der Waals surface area contributed by atoms with Crippen LogP contribution < -0.4 is 5.73 Å². The molecule has 0 saturated heterocycles. The zero-order valence-electron chi connectivity index (χ0n) is 7.29. The van der Waals surface area contributed by atoms with Crippen molar-refractivity contribution in [2.24, 2.45) is 5.73 Å². The van der Waals surface area contributed by atoms with Crippen LogP contribution in [0.3, 0.4) is 0 Å². The predicted molar refractivity (Wildman–Crippen MR) is 43.6 cm³/mol. The molecule has 1 atom stereocenters. The summed E-state index contributed by atoms with van der Waals surface area (Å²) in [7, 11) is 1.34. The van der Waals surface area contributed by atoms with Crippen molar-refractivity contribution < 1.29 is 14.3 Å². The van der Waals surface area contributed by atoms with E-state index in [1.165, 1.54) is 7.11 Å². The average molecular weight is 173 g/mol. The molecule has 4 nitrogen and oxygen atoms in total. The second-order valence-electron chi connectivity index (χ2n) is 2.99. The van der Waals surface area contributed by atoms with E-state index in [4.69, 9.17) is 10.5 Å². The first-order valence-electron chi connectivity index (χ1n) is 4.19. The van der Waals surface area contributed by atoms with Crippen molar-refractivity contribution in [3.63, 3.8) is 0 Å². The normalized spacial score (nSPS) is 18.8. The van der Waals surface area contributed by atoms with Gasteiger partial charge >= 0.3 is 5.97 Å². The van der Waals surface area contributed by atoms with Crippen molar-refractivity contribution in [3.05, 3.63) is 0 Å². The molecule has 2 N–H and O–H groups in total. The third-order valence-corrected chi connectivity index (χ3v) is 1.81. The molecule has 1 saturated carbocycles. The third kappa shape index (κ3) is 3.19. The molecule has 0 aromatic heterocycles. The summed E-state index contributed by atoms with van der Waals surface area (Å²) in [6.07, 6.45) is 3.26. The van der Waals surface area contributed by atoms with Crippen molar-refractivity contribution in [2.45, 2.75) is 31.4 Å². The van der Waals surface area contributed by atoms with E-state index in [-0.39, 0.29) is 5.97 Å². The Bertz CT molecular complexity index is 156. The molecular formula is C8H15NO3. The minimum Gasteiger partial charge on any atom is -0.468 e. The summed E-state index contributed by atoms with van der Waals surface area (Å²) in [5.41, 5.74) is 5.48. The van der Waals surface area contributed by atoms with E-state index in [0.717, 1.165) is 12.8 Å². The zero-order chi connectivity index (χ0) is 8.97. The van der Waals surface area contributed by atoms with E-state index < -0.39 is 6.04 Å². The van der Waals surface area contributed by atoms with E-state index >= 15 is 0 Å². The molecule has 12 heavy (non-hydrogen) atoms. The van der Waals surface area contributed by atoms with Gasteiger partial charge in [-0.05, 0) is 19.3 Å². The zero-order valence-corrected chi connectivity index (χ0v) is 7.29. The van der Waals surface area contributed by atoms with Gasteiger partial charge in [0.05, 0.1) is 13.2 Å². The van der Waals surface area contributed by atoms with E-state index in [0.29, 0.717) is 19.1 Å². The molecule has 0 aromatic carbocycles. The molecule has 0 aromatic rings. The van der Waals surface area contributed by atoms with E-state index in [1.54, 1.807) is 0 Å². The van der Waals surface area contributed by atoms with Crippen LogP contribution in [0.15, 0.2) is 0 Å². The third-order valence-electron chi connectivity index (χ3n) is 1.81. The second-order valence-corrected chi connectivity index (χ2v) is 2.99. The highest BCUT2D eigenvalue weighted by molar-refractivity contribution is 5.75. The van der Waals surface area contributed by atoms with Gasteiger partial charge in [-0.1, -0.05) is 0 Å². The summed E-state index contributed by atoms with van der Waals surface area (Å²) < 4.78 is 9.80. The molecule has 1 fully saturated rings. The molecule has 70 valence electrons. The quantitative estimate of drug-likeness (QED) is 0.597. The lowest BCUT2D eigenvalue weighted by Crippen LogP contribution is -2.32. The fraction of sp³-hybridized carbons (Fsp3) is 0.875. The van der Waals surface area contributed by atoms with E-state index in [9.17, 15) is 4.79 Å². The number of hydrogen-bond acceptors (Lipinski definition) is 4. The SMILES string of the molecule is COC(=O)C(N)CCOC1CC1. The average Bonchev–Trinajstić information content (AvgIpc) is 2.86. The highest BCUT2D eigenvalue weighted by Crippen LogP contribution is 2.23. The first-order valence-corrected chi connectivity index (χ1v) is 4.19. The first-order chi connectivity index (χ1) is 5.74. The van der Waals surface area contributed by atoms with Crippen LogP contribution in [0.4, 0.5) is 0 Å². The molecule has 0 aliphatic heterocycles. The van der Waals surface area contributed by atoms with Gasteiger partial charge in [0.15, 0.2) is 0 Å². The Balaban J connectivity index is 2.00. The number of carbonyl (C=O) groups excluding carboxylic acids is 1. The minimum atomic E-state index is -0.534. The number of rotatable bonds is 5. The molecule has 4 heteroatoms. The predicted octanol–water partition coefficient (Wildman–Crippen LogP) is 0.0558. The van der Waals surface area contributed by atoms with Crippen LogP contribution in [0.2, 0.25) is 0 Å². The van der Waals surface area contributed by atoms with Crippen LogP contribution in [-0.2, 0) is 14.3 Å². The van der Waals surface area contributed by atoms with Crippen molar-refractivity contribution in [2.75, 3.05) is 13.7 Å². The van der Waals surface area contributed by atoms with Crippen LogP contribution in [0.5, 0.6) is 0 Å². The summed E-state index contributed by atoms with van der Waals surface area (Å²) in [6.45, 7) is 0.556. The van der Waals surface area contributed by atoms with Gasteiger partial charge in [0.25, 0.3) is 0 Å². The molecule has 0 amide bonds. The molecule has 1 aliphatic carbocycles. The fourth-order valence-electron chi connectivity index (χ4n) is 0.866. The lowest BCUT2D eigenvalue weighted by atomic mass is 10.2. The Hall–Kier alpha value is -0.610. The number of methoxy groups -OCH3 is 1. The van der Waals surface area contributed by atoms with Gasteiger partial charge in [0.2, 0.25) is 0 Å². The van der Waals surface area contributed by atoms with Crippen molar-refractivity contribution >= 4 is 5.97 Å². The van der Waals surface area contributed by atoms with Crippen LogP contribution in [-0.4, -0.2) is 31.8 Å². The molecular weight excluding hydrogens is 158 g/mol. The summed E-state index contributed by atoms with van der Waals surface area (Å²) in [6, 6.07) is -0.534. The monoisotopic (exact) mass is 173 g/mol. The van der Waals surface area contributed by atoms with Crippen LogP contribution >= 0.6 is 0 Å². The number of ether oxygens (including phenoxy) is 2. The highest BCUT2D eigenvalue weighted by atomic mass is 16.5. The lowest BCUT2D eigenvalue weighted by molar-refractivity contribution is -0.142. The van der Waals surface area contributed by atoms with Gasteiger partial charge in [-0.2, -0.15) is 0 Å². The number of hydrogen-bond donors (Lipinski definition) is 1. The molecule has 1 aliphatic rings. The Morgan fingerprint density at radius 1 is 1.67 bits per heavy atom. The van der Waals surface area contributed by atoms with Gasteiger partial charge in [0, 0.05) is 6.61 Å². The summed E-state index contributed by atoms with van der Waals surface area (Å²) in [5, 5.41) is 0. The van der Waals surface area contributed by atoms with Crippen LogP contribution in [0, 0.1) is 0 Å². The van der Waals surface area contributed by atoms with Gasteiger partial charge in [0.1, 0.15) is 6.04 Å². The maximum Gasteiger partial charge on any atom is 0.322 e. The number of esters is 1. The molecule has 0 spiro atoms. The summed E-state index contributed by atoms with van der Waals surface area (Å²) in [4.78, 5) is 10.8. The smallest absolute Gasteiger partial charge is 0.322 e.